The molecular formula is C24H32FN3O5S. The topological polar surface area (TPSA) is 96.0 Å². The number of methoxy groups -OCH3 is 1. The van der Waals surface area contributed by atoms with Crippen molar-refractivity contribution in [1.29, 1.82) is 0 Å². The van der Waals surface area contributed by atoms with E-state index in [0.29, 0.717) is 23.5 Å². The Morgan fingerprint density at radius 3 is 2.47 bits per heavy atom. The zero-order valence-electron chi connectivity index (χ0n) is 20.0. The molecule has 0 fully saturated rings. The Balaban J connectivity index is 2.17. The van der Waals surface area contributed by atoms with Gasteiger partial charge in [0.1, 0.15) is 17.6 Å². The maximum absolute atomic E-state index is 14.2. The van der Waals surface area contributed by atoms with Gasteiger partial charge in [0, 0.05) is 37.7 Å². The second kappa shape index (κ2) is 12.4. The minimum absolute atomic E-state index is 0.0197. The second-order valence-corrected chi connectivity index (χ2v) is 9.73. The molecule has 0 saturated heterocycles. The van der Waals surface area contributed by atoms with E-state index in [1.54, 1.807) is 56.3 Å². The summed E-state index contributed by atoms with van der Waals surface area (Å²) in [6.07, 6.45) is 1.28. The van der Waals surface area contributed by atoms with Crippen LogP contribution in [-0.4, -0.2) is 57.6 Å². The van der Waals surface area contributed by atoms with Gasteiger partial charge in [-0.15, -0.1) is 0 Å². The number of sulfonamides is 1. The smallest absolute Gasteiger partial charge is 0.242 e. The monoisotopic (exact) mass is 493 g/mol. The minimum Gasteiger partial charge on any atom is -0.497 e. The van der Waals surface area contributed by atoms with Gasteiger partial charge in [0.25, 0.3) is 0 Å². The number of carbonyl (C=O) groups excluding carboxylic acids is 2. The SMILES string of the molecule is CCNC(=O)[C@@H](C)N(Cc1ccccc1F)C(=O)CCCN(c1cccc(OC)c1)S(C)(=O)=O. The molecule has 0 aromatic heterocycles. The molecule has 0 unspecified atom stereocenters. The van der Waals surface area contributed by atoms with E-state index >= 15 is 0 Å². The van der Waals surface area contributed by atoms with Gasteiger partial charge in [0.2, 0.25) is 21.8 Å². The lowest BCUT2D eigenvalue weighted by Gasteiger charge is -2.29. The van der Waals surface area contributed by atoms with Crippen LogP contribution < -0.4 is 14.4 Å². The highest BCUT2D eigenvalue weighted by molar-refractivity contribution is 7.92. The zero-order chi connectivity index (χ0) is 25.3. The van der Waals surface area contributed by atoms with E-state index in [4.69, 9.17) is 4.74 Å². The number of carbonyl (C=O) groups is 2. The summed E-state index contributed by atoms with van der Waals surface area (Å²) >= 11 is 0. The van der Waals surface area contributed by atoms with Crippen LogP contribution in [0.3, 0.4) is 0 Å². The van der Waals surface area contributed by atoms with Crippen molar-refractivity contribution in [1.82, 2.24) is 10.2 Å². The summed E-state index contributed by atoms with van der Waals surface area (Å²) in [7, 11) is -2.12. The van der Waals surface area contributed by atoms with Crippen LogP contribution in [0.1, 0.15) is 32.3 Å². The van der Waals surface area contributed by atoms with Gasteiger partial charge in [-0.3, -0.25) is 13.9 Å². The predicted molar refractivity (Wildman–Crippen MR) is 130 cm³/mol. The summed E-state index contributed by atoms with van der Waals surface area (Å²) in [4.78, 5) is 26.9. The van der Waals surface area contributed by atoms with Crippen LogP contribution in [0.4, 0.5) is 10.1 Å². The Kier molecular flexibility index (Phi) is 9.85. The Bertz CT molecular complexity index is 1090. The van der Waals surface area contributed by atoms with E-state index in [2.05, 4.69) is 5.32 Å². The van der Waals surface area contributed by atoms with Crippen molar-refractivity contribution < 1.29 is 27.1 Å². The van der Waals surface area contributed by atoms with Crippen molar-refractivity contribution in [2.24, 2.45) is 0 Å². The number of rotatable bonds is 12. The maximum Gasteiger partial charge on any atom is 0.242 e. The lowest BCUT2D eigenvalue weighted by molar-refractivity contribution is -0.140. The number of nitrogens with one attached hydrogen (secondary N) is 1. The predicted octanol–water partition coefficient (Wildman–Crippen LogP) is 2.93. The molecule has 1 N–H and O–H groups in total. The number of anilines is 1. The quantitative estimate of drug-likeness (QED) is 0.491. The van der Waals surface area contributed by atoms with E-state index in [1.807, 2.05) is 0 Å². The average Bonchev–Trinajstić information content (AvgIpc) is 2.80. The molecule has 0 radical (unpaired) electrons. The summed E-state index contributed by atoms with van der Waals surface area (Å²) < 4.78 is 45.4. The molecule has 2 aromatic carbocycles. The summed E-state index contributed by atoms with van der Waals surface area (Å²) in [5, 5.41) is 2.68. The van der Waals surface area contributed by atoms with Gasteiger partial charge >= 0.3 is 0 Å². The molecule has 2 rings (SSSR count). The van der Waals surface area contributed by atoms with E-state index in [9.17, 15) is 22.4 Å². The summed E-state index contributed by atoms with van der Waals surface area (Å²) in [5.41, 5.74) is 0.717. The number of likely N-dealkylation sites (N-methyl/N-ethyl adjacent to an activating group) is 1. The van der Waals surface area contributed by atoms with E-state index in [0.717, 1.165) is 6.26 Å². The van der Waals surface area contributed by atoms with Gasteiger partial charge in [-0.2, -0.15) is 0 Å². The third kappa shape index (κ3) is 7.44. The fourth-order valence-corrected chi connectivity index (χ4v) is 4.44. The summed E-state index contributed by atoms with van der Waals surface area (Å²) in [6, 6.07) is 11.9. The maximum atomic E-state index is 14.2. The molecule has 0 bridgehead atoms. The van der Waals surface area contributed by atoms with Crippen LogP contribution in [0, 0.1) is 5.82 Å². The first-order valence-corrected chi connectivity index (χ1v) is 12.9. The molecule has 8 nitrogen and oxygen atoms in total. The average molecular weight is 494 g/mol. The normalized spacial score (nSPS) is 12.0. The highest BCUT2D eigenvalue weighted by Crippen LogP contribution is 2.24. The first-order valence-electron chi connectivity index (χ1n) is 11.0. The molecule has 34 heavy (non-hydrogen) atoms. The van der Waals surface area contributed by atoms with Crippen molar-refractivity contribution in [2.45, 2.75) is 39.3 Å². The standard InChI is InChI=1S/C24H32FN3O5S/c1-5-26-24(30)18(2)27(17-19-10-6-7-13-22(19)25)23(29)14-9-15-28(34(4,31)32)20-11-8-12-21(16-20)33-3/h6-8,10-13,16,18H,5,9,14-15,17H2,1-4H3,(H,26,30)/t18-/m1/s1. The van der Waals surface area contributed by atoms with E-state index in [1.165, 1.54) is 22.4 Å². The molecule has 0 heterocycles. The number of amides is 2. The number of hydrogen-bond donors (Lipinski definition) is 1. The van der Waals surface area contributed by atoms with Crippen molar-refractivity contribution in [3.05, 3.63) is 59.9 Å². The van der Waals surface area contributed by atoms with Crippen molar-refractivity contribution >= 4 is 27.5 Å². The van der Waals surface area contributed by atoms with E-state index < -0.39 is 21.9 Å². The van der Waals surface area contributed by atoms with Gasteiger partial charge in [-0.05, 0) is 38.5 Å². The van der Waals surface area contributed by atoms with Gasteiger partial charge in [-0.1, -0.05) is 24.3 Å². The van der Waals surface area contributed by atoms with Crippen molar-refractivity contribution in [3.8, 4) is 5.75 Å². The van der Waals surface area contributed by atoms with Gasteiger partial charge < -0.3 is 15.0 Å². The van der Waals surface area contributed by atoms with Gasteiger partial charge in [0.15, 0.2) is 0 Å². The number of hydrogen-bond acceptors (Lipinski definition) is 5. The summed E-state index contributed by atoms with van der Waals surface area (Å²) in [5.74, 6) is -0.679. The molecule has 0 saturated carbocycles. The highest BCUT2D eigenvalue weighted by Gasteiger charge is 2.27. The van der Waals surface area contributed by atoms with Gasteiger partial charge in [-0.25, -0.2) is 12.8 Å². The molecule has 2 aromatic rings. The first kappa shape index (κ1) is 27.1. The largest absolute Gasteiger partial charge is 0.497 e. The molecule has 0 spiro atoms. The van der Waals surface area contributed by atoms with Crippen LogP contribution in [0.25, 0.3) is 0 Å². The molecule has 10 heteroatoms. The van der Waals surface area contributed by atoms with E-state index in [-0.39, 0.29) is 37.7 Å². The van der Waals surface area contributed by atoms with Crippen LogP contribution in [-0.2, 0) is 26.2 Å². The molecule has 1 atom stereocenters. The third-order valence-electron chi connectivity index (χ3n) is 5.31. The number of benzene rings is 2. The zero-order valence-corrected chi connectivity index (χ0v) is 20.8. The Morgan fingerprint density at radius 2 is 1.85 bits per heavy atom. The van der Waals surface area contributed by atoms with Crippen LogP contribution in [0.2, 0.25) is 0 Å². The first-order chi connectivity index (χ1) is 16.1. The fraction of sp³-hybridized carbons (Fsp3) is 0.417. The van der Waals surface area contributed by atoms with Crippen molar-refractivity contribution in [2.75, 3.05) is 30.8 Å². The Hall–Kier alpha value is -3.14. The minimum atomic E-state index is -3.61. The number of nitrogens with zero attached hydrogens (tertiary/aromatic N) is 2. The van der Waals surface area contributed by atoms with Crippen LogP contribution in [0.15, 0.2) is 48.5 Å². The Labute approximate surface area is 200 Å². The molecule has 186 valence electrons. The molecule has 0 aliphatic heterocycles. The van der Waals surface area contributed by atoms with Crippen LogP contribution in [0.5, 0.6) is 5.75 Å². The van der Waals surface area contributed by atoms with Crippen LogP contribution >= 0.6 is 0 Å². The van der Waals surface area contributed by atoms with Gasteiger partial charge in [0.05, 0.1) is 19.1 Å². The molecule has 2 amide bonds. The second-order valence-electron chi connectivity index (χ2n) is 7.82. The number of halogens is 1. The van der Waals surface area contributed by atoms with Crippen molar-refractivity contribution in [3.63, 3.8) is 0 Å². The third-order valence-corrected chi connectivity index (χ3v) is 6.50. The lowest BCUT2D eigenvalue weighted by Crippen LogP contribution is -2.47. The lowest BCUT2D eigenvalue weighted by atomic mass is 10.1. The summed E-state index contributed by atoms with van der Waals surface area (Å²) in [6.45, 7) is 3.74. The molecular weight excluding hydrogens is 461 g/mol. The fourth-order valence-electron chi connectivity index (χ4n) is 3.48. The Morgan fingerprint density at radius 1 is 1.15 bits per heavy atom. The molecule has 0 aliphatic rings. The molecule has 0 aliphatic carbocycles. The number of ether oxygens (including phenoxy) is 1. The highest BCUT2D eigenvalue weighted by atomic mass is 32.2.